The number of carbonyl (C=O) groups excluding carboxylic acids is 2. The lowest BCUT2D eigenvalue weighted by Gasteiger charge is -2.12. The molecule has 4 aromatic rings. The summed E-state index contributed by atoms with van der Waals surface area (Å²) in [6.07, 6.45) is 7.13. The first-order chi connectivity index (χ1) is 18.6. The van der Waals surface area contributed by atoms with Crippen molar-refractivity contribution in [2.75, 3.05) is 19.0 Å². The zero-order valence-electron chi connectivity index (χ0n) is 21.8. The maximum Gasteiger partial charge on any atom is 0.341 e. The van der Waals surface area contributed by atoms with E-state index in [-0.39, 0.29) is 5.91 Å². The molecule has 2 heterocycles. The summed E-state index contributed by atoms with van der Waals surface area (Å²) in [5, 5.41) is 4.39. The molecule has 7 heteroatoms. The molecule has 5 rings (SSSR count). The van der Waals surface area contributed by atoms with Gasteiger partial charge in [-0.25, -0.2) is 9.78 Å². The van der Waals surface area contributed by atoms with Crippen LogP contribution in [0.5, 0.6) is 5.75 Å². The number of hydrogen-bond donors (Lipinski definition) is 1. The third-order valence-corrected chi connectivity index (χ3v) is 8.08. The number of aryl methyl sites for hydroxylation is 1. The molecule has 1 aliphatic rings. The number of benzene rings is 2. The smallest absolute Gasteiger partial charge is 0.341 e. The van der Waals surface area contributed by atoms with E-state index in [1.54, 1.807) is 0 Å². The fraction of sp³-hybridized carbons (Fsp3) is 0.323. The van der Waals surface area contributed by atoms with Crippen LogP contribution in [0.25, 0.3) is 22.2 Å². The number of methoxy groups -OCH3 is 1. The highest BCUT2D eigenvalue weighted by Crippen LogP contribution is 2.38. The van der Waals surface area contributed by atoms with Crippen molar-refractivity contribution < 1.29 is 19.1 Å². The molecule has 196 valence electrons. The summed E-state index contributed by atoms with van der Waals surface area (Å²) in [5.74, 6) is 0.133. The number of carbonyl (C=O) groups is 2. The van der Waals surface area contributed by atoms with E-state index in [2.05, 4.69) is 12.2 Å². The predicted molar refractivity (Wildman–Crippen MR) is 152 cm³/mol. The molecule has 1 N–H and O–H groups in total. The molecule has 0 radical (unpaired) electrons. The zero-order valence-corrected chi connectivity index (χ0v) is 22.7. The third-order valence-electron chi connectivity index (χ3n) is 6.87. The molecule has 6 nitrogen and oxygen atoms in total. The van der Waals surface area contributed by atoms with Crippen LogP contribution in [0.4, 0.5) is 5.00 Å². The fourth-order valence-electron chi connectivity index (χ4n) is 4.95. The van der Waals surface area contributed by atoms with Gasteiger partial charge in [0.25, 0.3) is 5.91 Å². The molecule has 0 spiro atoms. The summed E-state index contributed by atoms with van der Waals surface area (Å²) in [7, 11) is 1.39. The Kier molecular flexibility index (Phi) is 8.03. The summed E-state index contributed by atoms with van der Waals surface area (Å²) < 4.78 is 10.9. The summed E-state index contributed by atoms with van der Waals surface area (Å²) in [6, 6.07) is 17.2. The Balaban J connectivity index is 1.52. The number of nitrogens with one attached hydrogen (secondary N) is 1. The lowest BCUT2D eigenvalue weighted by molar-refractivity contribution is 0.0601. The molecule has 0 fully saturated rings. The van der Waals surface area contributed by atoms with E-state index in [0.29, 0.717) is 28.4 Å². The van der Waals surface area contributed by atoms with E-state index in [0.717, 1.165) is 66.3 Å². The van der Waals surface area contributed by atoms with Crippen LogP contribution in [0.1, 0.15) is 70.2 Å². The highest BCUT2D eigenvalue weighted by Gasteiger charge is 2.26. The molecule has 0 unspecified atom stereocenters. The standard InChI is InChI=1S/C31H32N2O4S/c1-3-18-37-21-16-14-20(15-17-21)26-19-24(22-10-8-9-12-25(22)32-26)29(34)33-30-28(31(35)36-2)23-11-6-4-5-7-13-27(23)38-30/h8-10,12,14-17,19H,3-7,11,13,18H2,1-2H3,(H,33,34). The number of amides is 1. The van der Waals surface area contributed by atoms with Crippen molar-refractivity contribution in [3.8, 4) is 17.0 Å². The van der Waals surface area contributed by atoms with Gasteiger partial charge in [0.15, 0.2) is 0 Å². The van der Waals surface area contributed by atoms with Crippen molar-refractivity contribution >= 4 is 39.1 Å². The number of esters is 1. The van der Waals surface area contributed by atoms with Crippen LogP contribution in [0.3, 0.4) is 0 Å². The predicted octanol–water partition coefficient (Wildman–Crippen LogP) is 7.45. The van der Waals surface area contributed by atoms with Crippen LogP contribution in [0.2, 0.25) is 0 Å². The van der Waals surface area contributed by atoms with Gasteiger partial charge in [0.05, 0.1) is 36.1 Å². The summed E-state index contributed by atoms with van der Waals surface area (Å²) in [5.41, 5.74) is 4.36. The zero-order chi connectivity index (χ0) is 26.5. The van der Waals surface area contributed by atoms with Gasteiger partial charge in [-0.05, 0) is 74.1 Å². The SMILES string of the molecule is CCCOc1ccc(-c2cc(C(=O)Nc3sc4c(c3C(=O)OC)CCCCCC4)c3ccccc3n2)cc1. The molecule has 0 aliphatic heterocycles. The second-order valence-electron chi connectivity index (χ2n) is 9.51. The number of ether oxygens (including phenoxy) is 2. The lowest BCUT2D eigenvalue weighted by atomic mass is 9.96. The molecule has 0 bridgehead atoms. The minimum Gasteiger partial charge on any atom is -0.494 e. The summed E-state index contributed by atoms with van der Waals surface area (Å²) in [6.45, 7) is 2.74. The van der Waals surface area contributed by atoms with Crippen LogP contribution in [0, 0.1) is 0 Å². The first kappa shape index (κ1) is 25.9. The van der Waals surface area contributed by atoms with Gasteiger partial charge in [-0.3, -0.25) is 4.79 Å². The topological polar surface area (TPSA) is 77.5 Å². The van der Waals surface area contributed by atoms with E-state index >= 15 is 0 Å². The van der Waals surface area contributed by atoms with Gasteiger partial charge in [-0.1, -0.05) is 38.0 Å². The third kappa shape index (κ3) is 5.43. The summed E-state index contributed by atoms with van der Waals surface area (Å²) in [4.78, 5) is 32.6. The normalized spacial score (nSPS) is 13.3. The number of thiophene rings is 1. The van der Waals surface area contributed by atoms with Crippen molar-refractivity contribution in [1.82, 2.24) is 4.98 Å². The number of nitrogens with zero attached hydrogens (tertiary/aromatic N) is 1. The Labute approximate surface area is 227 Å². The molecule has 2 aromatic carbocycles. The largest absolute Gasteiger partial charge is 0.494 e. The van der Waals surface area contributed by atoms with Crippen molar-refractivity contribution in [2.24, 2.45) is 0 Å². The fourth-order valence-corrected chi connectivity index (χ4v) is 6.22. The van der Waals surface area contributed by atoms with Gasteiger partial charge >= 0.3 is 5.97 Å². The Morgan fingerprint density at radius 1 is 1.00 bits per heavy atom. The van der Waals surface area contributed by atoms with Gasteiger partial charge in [-0.15, -0.1) is 11.3 Å². The molecule has 0 atom stereocenters. The Morgan fingerprint density at radius 3 is 2.53 bits per heavy atom. The number of fused-ring (bicyclic) bond motifs is 2. The number of hydrogen-bond acceptors (Lipinski definition) is 6. The van der Waals surface area contributed by atoms with Gasteiger partial charge in [0, 0.05) is 15.8 Å². The van der Waals surface area contributed by atoms with Crippen LogP contribution in [-0.2, 0) is 17.6 Å². The molecule has 0 saturated heterocycles. The Hall–Kier alpha value is -3.71. The van der Waals surface area contributed by atoms with Gasteiger partial charge in [0.2, 0.25) is 0 Å². The molecular formula is C31H32N2O4S. The molecule has 1 amide bonds. The Morgan fingerprint density at radius 2 is 1.76 bits per heavy atom. The van der Waals surface area contributed by atoms with Gasteiger partial charge < -0.3 is 14.8 Å². The molecule has 0 saturated carbocycles. The number of rotatable bonds is 7. The highest BCUT2D eigenvalue weighted by atomic mass is 32.1. The van der Waals surface area contributed by atoms with Crippen LogP contribution < -0.4 is 10.1 Å². The number of para-hydroxylation sites is 1. The van der Waals surface area contributed by atoms with Crippen LogP contribution in [0.15, 0.2) is 54.6 Å². The minimum absolute atomic E-state index is 0.271. The van der Waals surface area contributed by atoms with E-state index in [9.17, 15) is 9.59 Å². The second-order valence-corrected chi connectivity index (χ2v) is 10.6. The molecule has 38 heavy (non-hydrogen) atoms. The maximum atomic E-state index is 13.8. The molecular weight excluding hydrogens is 496 g/mol. The monoisotopic (exact) mass is 528 g/mol. The molecule has 1 aliphatic carbocycles. The number of pyridine rings is 1. The highest BCUT2D eigenvalue weighted by molar-refractivity contribution is 7.17. The average Bonchev–Trinajstić information content (AvgIpc) is 3.26. The van der Waals surface area contributed by atoms with E-state index in [1.807, 2.05) is 54.6 Å². The quantitative estimate of drug-likeness (QED) is 0.252. The van der Waals surface area contributed by atoms with Gasteiger partial charge in [-0.2, -0.15) is 0 Å². The van der Waals surface area contributed by atoms with Crippen LogP contribution >= 0.6 is 11.3 Å². The number of aromatic nitrogens is 1. The van der Waals surface area contributed by atoms with Crippen molar-refractivity contribution in [1.29, 1.82) is 0 Å². The van der Waals surface area contributed by atoms with E-state index in [1.165, 1.54) is 29.7 Å². The lowest BCUT2D eigenvalue weighted by Crippen LogP contribution is -2.15. The number of anilines is 1. The van der Waals surface area contributed by atoms with Crippen molar-refractivity contribution in [3.63, 3.8) is 0 Å². The Bertz CT molecular complexity index is 1460. The summed E-state index contributed by atoms with van der Waals surface area (Å²) >= 11 is 1.50. The van der Waals surface area contributed by atoms with Crippen molar-refractivity contribution in [2.45, 2.75) is 51.9 Å². The second kappa shape index (κ2) is 11.8. The van der Waals surface area contributed by atoms with Crippen molar-refractivity contribution in [3.05, 3.63) is 76.2 Å². The first-order valence-electron chi connectivity index (χ1n) is 13.3. The van der Waals surface area contributed by atoms with E-state index < -0.39 is 5.97 Å². The maximum absolute atomic E-state index is 13.8. The van der Waals surface area contributed by atoms with Crippen LogP contribution in [-0.4, -0.2) is 30.6 Å². The minimum atomic E-state index is -0.399. The average molecular weight is 529 g/mol. The first-order valence-corrected chi connectivity index (χ1v) is 14.1. The molecule has 2 aromatic heterocycles. The van der Waals surface area contributed by atoms with Gasteiger partial charge in [0.1, 0.15) is 10.8 Å². The van der Waals surface area contributed by atoms with E-state index in [4.69, 9.17) is 14.5 Å².